The summed E-state index contributed by atoms with van der Waals surface area (Å²) in [4.78, 5) is 11.5. The molecule has 17 heavy (non-hydrogen) atoms. The van der Waals surface area contributed by atoms with Crippen molar-refractivity contribution in [3.8, 4) is 0 Å². The lowest BCUT2D eigenvalue weighted by molar-refractivity contribution is -0.115. The Kier molecular flexibility index (Phi) is 3.05. The largest absolute Gasteiger partial charge is 0.378 e. The Morgan fingerprint density at radius 2 is 2.24 bits per heavy atom. The van der Waals surface area contributed by atoms with E-state index in [-0.39, 0.29) is 5.60 Å². The van der Waals surface area contributed by atoms with Gasteiger partial charge in [0.1, 0.15) is 0 Å². The Hall–Kier alpha value is -0.670. The van der Waals surface area contributed by atoms with Gasteiger partial charge in [0.05, 0.1) is 12.2 Å². The summed E-state index contributed by atoms with van der Waals surface area (Å²) in [5.74, 6) is 0.865. The molecule has 2 aliphatic heterocycles. The topological polar surface area (TPSA) is 35.5 Å². The number of rotatable bonds is 1. The third-order valence-electron chi connectivity index (χ3n) is 4.32. The second-order valence-electron chi connectivity index (χ2n) is 5.56. The first-order valence-electron chi connectivity index (χ1n) is 6.72. The number of ketones is 1. The molecule has 2 heterocycles. The standard InChI is InChI=1S/C14H20O3/c15-13-3-1-2-11(8-13)12-4-6-17-14(9-12)5-7-16-10-14/h8,12H,1-7,9-10H2. The average molecular weight is 236 g/mol. The molecule has 2 fully saturated rings. The molecule has 3 nitrogen and oxygen atoms in total. The van der Waals surface area contributed by atoms with E-state index >= 15 is 0 Å². The number of allylic oxidation sites excluding steroid dienone is 2. The van der Waals surface area contributed by atoms with Crippen LogP contribution in [-0.2, 0) is 14.3 Å². The highest BCUT2D eigenvalue weighted by Gasteiger charge is 2.41. The van der Waals surface area contributed by atoms with Gasteiger partial charge in [-0.05, 0) is 37.7 Å². The number of carbonyl (C=O) groups excluding carboxylic acids is 1. The maximum Gasteiger partial charge on any atom is 0.155 e. The summed E-state index contributed by atoms with van der Waals surface area (Å²) < 4.78 is 11.4. The molecule has 0 aromatic rings. The minimum Gasteiger partial charge on any atom is -0.378 e. The zero-order valence-electron chi connectivity index (χ0n) is 10.2. The van der Waals surface area contributed by atoms with Crippen LogP contribution < -0.4 is 0 Å². The van der Waals surface area contributed by atoms with Crippen LogP contribution in [0.3, 0.4) is 0 Å². The van der Waals surface area contributed by atoms with Gasteiger partial charge >= 0.3 is 0 Å². The number of hydrogen-bond donors (Lipinski definition) is 0. The highest BCUT2D eigenvalue weighted by molar-refractivity contribution is 5.91. The monoisotopic (exact) mass is 236 g/mol. The van der Waals surface area contributed by atoms with E-state index < -0.39 is 0 Å². The zero-order valence-corrected chi connectivity index (χ0v) is 10.2. The molecule has 3 aliphatic rings. The lowest BCUT2D eigenvalue weighted by Gasteiger charge is -2.38. The molecule has 0 aromatic carbocycles. The second-order valence-corrected chi connectivity index (χ2v) is 5.56. The minimum atomic E-state index is -0.0374. The summed E-state index contributed by atoms with van der Waals surface area (Å²) in [7, 11) is 0. The molecule has 0 amide bonds. The van der Waals surface area contributed by atoms with Crippen molar-refractivity contribution in [2.75, 3.05) is 19.8 Å². The van der Waals surface area contributed by atoms with Crippen LogP contribution in [0.25, 0.3) is 0 Å². The van der Waals surface area contributed by atoms with E-state index in [1.165, 1.54) is 5.57 Å². The lowest BCUT2D eigenvalue weighted by atomic mass is 9.78. The Bertz CT molecular complexity index is 339. The van der Waals surface area contributed by atoms with E-state index in [4.69, 9.17) is 9.47 Å². The molecule has 1 aliphatic carbocycles. The van der Waals surface area contributed by atoms with Gasteiger partial charge in [0.15, 0.2) is 5.78 Å². The Labute approximate surface area is 102 Å². The molecule has 94 valence electrons. The summed E-state index contributed by atoms with van der Waals surface area (Å²) in [6, 6.07) is 0. The van der Waals surface area contributed by atoms with Crippen molar-refractivity contribution in [1.82, 2.24) is 0 Å². The first-order valence-corrected chi connectivity index (χ1v) is 6.72. The Morgan fingerprint density at radius 1 is 1.29 bits per heavy atom. The van der Waals surface area contributed by atoms with E-state index in [0.717, 1.165) is 58.3 Å². The number of ether oxygens (including phenoxy) is 2. The summed E-state index contributed by atoms with van der Waals surface area (Å²) >= 11 is 0. The van der Waals surface area contributed by atoms with E-state index in [1.807, 2.05) is 6.08 Å². The lowest BCUT2D eigenvalue weighted by Crippen LogP contribution is -2.41. The van der Waals surface area contributed by atoms with E-state index in [2.05, 4.69) is 0 Å². The van der Waals surface area contributed by atoms with Crippen molar-refractivity contribution >= 4 is 5.78 Å². The van der Waals surface area contributed by atoms with Crippen LogP contribution in [0.5, 0.6) is 0 Å². The molecule has 0 bridgehead atoms. The van der Waals surface area contributed by atoms with Crippen LogP contribution in [0.15, 0.2) is 11.6 Å². The SMILES string of the molecule is O=C1C=C(C2CCOC3(CCOC3)C2)CCC1. The van der Waals surface area contributed by atoms with Crippen LogP contribution >= 0.6 is 0 Å². The van der Waals surface area contributed by atoms with Gasteiger partial charge in [0.2, 0.25) is 0 Å². The fraction of sp³-hybridized carbons (Fsp3) is 0.786. The molecule has 2 unspecified atom stereocenters. The van der Waals surface area contributed by atoms with Gasteiger partial charge in [0.25, 0.3) is 0 Å². The molecule has 3 heteroatoms. The van der Waals surface area contributed by atoms with Crippen LogP contribution in [0, 0.1) is 5.92 Å². The first-order chi connectivity index (χ1) is 8.27. The molecule has 0 saturated carbocycles. The highest BCUT2D eigenvalue weighted by Crippen LogP contribution is 2.40. The van der Waals surface area contributed by atoms with Crippen LogP contribution in [-0.4, -0.2) is 31.2 Å². The summed E-state index contributed by atoms with van der Waals surface area (Å²) in [6.07, 6.45) is 7.92. The van der Waals surface area contributed by atoms with E-state index in [9.17, 15) is 4.79 Å². The highest BCUT2D eigenvalue weighted by atomic mass is 16.6. The van der Waals surface area contributed by atoms with Gasteiger partial charge in [-0.2, -0.15) is 0 Å². The maximum absolute atomic E-state index is 11.5. The Balaban J connectivity index is 1.73. The number of hydrogen-bond acceptors (Lipinski definition) is 3. The molecule has 0 N–H and O–H groups in total. The third-order valence-corrected chi connectivity index (χ3v) is 4.32. The maximum atomic E-state index is 11.5. The van der Waals surface area contributed by atoms with Crippen molar-refractivity contribution in [3.63, 3.8) is 0 Å². The quantitative estimate of drug-likeness (QED) is 0.700. The van der Waals surface area contributed by atoms with Gasteiger partial charge in [0, 0.05) is 26.1 Å². The minimum absolute atomic E-state index is 0.0374. The summed E-state index contributed by atoms with van der Waals surface area (Å²) in [5, 5.41) is 0. The van der Waals surface area contributed by atoms with Crippen molar-refractivity contribution in [1.29, 1.82) is 0 Å². The molecule has 1 spiro atoms. The van der Waals surface area contributed by atoms with E-state index in [1.54, 1.807) is 0 Å². The van der Waals surface area contributed by atoms with Gasteiger partial charge in [-0.25, -0.2) is 0 Å². The predicted octanol–water partition coefficient (Wildman–Crippen LogP) is 2.25. The smallest absolute Gasteiger partial charge is 0.155 e. The first kappa shape index (κ1) is 11.4. The van der Waals surface area contributed by atoms with Crippen LogP contribution in [0.1, 0.15) is 38.5 Å². The van der Waals surface area contributed by atoms with Crippen molar-refractivity contribution in [2.24, 2.45) is 5.92 Å². The van der Waals surface area contributed by atoms with Crippen LogP contribution in [0.2, 0.25) is 0 Å². The fourth-order valence-corrected chi connectivity index (χ4v) is 3.35. The zero-order chi connectivity index (χ0) is 11.7. The summed E-state index contributed by atoms with van der Waals surface area (Å²) in [5.41, 5.74) is 1.33. The van der Waals surface area contributed by atoms with Crippen molar-refractivity contribution in [3.05, 3.63) is 11.6 Å². The second kappa shape index (κ2) is 4.54. The van der Waals surface area contributed by atoms with E-state index in [0.29, 0.717) is 11.7 Å². The van der Waals surface area contributed by atoms with Crippen LogP contribution in [0.4, 0.5) is 0 Å². The molecule has 0 radical (unpaired) electrons. The molecule has 2 atom stereocenters. The van der Waals surface area contributed by atoms with Gasteiger partial charge in [-0.15, -0.1) is 0 Å². The summed E-state index contributed by atoms with van der Waals surface area (Å²) in [6.45, 7) is 2.38. The fourth-order valence-electron chi connectivity index (χ4n) is 3.35. The number of carbonyl (C=O) groups is 1. The molecular weight excluding hydrogens is 216 g/mol. The predicted molar refractivity (Wildman–Crippen MR) is 63.8 cm³/mol. The molecule has 0 aromatic heterocycles. The Morgan fingerprint density at radius 3 is 3.00 bits per heavy atom. The third kappa shape index (κ3) is 2.31. The molecule has 3 rings (SSSR count). The molecular formula is C14H20O3. The van der Waals surface area contributed by atoms with Gasteiger partial charge in [-0.3, -0.25) is 4.79 Å². The van der Waals surface area contributed by atoms with Gasteiger partial charge in [-0.1, -0.05) is 5.57 Å². The molecule has 2 saturated heterocycles. The normalized spacial score (nSPS) is 38.5. The average Bonchev–Trinajstić information content (AvgIpc) is 2.77. The van der Waals surface area contributed by atoms with Crippen molar-refractivity contribution < 1.29 is 14.3 Å². The van der Waals surface area contributed by atoms with Gasteiger partial charge < -0.3 is 9.47 Å². The van der Waals surface area contributed by atoms with Crippen molar-refractivity contribution in [2.45, 2.75) is 44.1 Å².